The zero-order chi connectivity index (χ0) is 11.7. The largest absolute Gasteiger partial charge is 0.380 e. The van der Waals surface area contributed by atoms with E-state index in [-0.39, 0.29) is 11.9 Å². The molecule has 90 valence electrons. The van der Waals surface area contributed by atoms with Gasteiger partial charge in [-0.1, -0.05) is 13.8 Å². The van der Waals surface area contributed by atoms with Crippen LogP contribution in [0.4, 0.5) is 0 Å². The molecule has 1 amide bonds. The number of nitrogens with one attached hydrogen (secondary N) is 1. The second-order valence-corrected chi connectivity index (χ2v) is 3.97. The number of ether oxygens (including phenoxy) is 1. The van der Waals surface area contributed by atoms with Crippen molar-refractivity contribution in [3.8, 4) is 0 Å². The summed E-state index contributed by atoms with van der Waals surface area (Å²) in [6.07, 6.45) is 1.25. The second kappa shape index (κ2) is 8.68. The topological polar surface area (TPSA) is 64.3 Å². The summed E-state index contributed by atoms with van der Waals surface area (Å²) in [6.45, 7) is 7.93. The maximum atomic E-state index is 11.5. The van der Waals surface area contributed by atoms with Gasteiger partial charge in [0.05, 0.1) is 12.6 Å². The molecule has 0 aromatic heterocycles. The van der Waals surface area contributed by atoms with E-state index in [1.807, 2.05) is 6.92 Å². The van der Waals surface area contributed by atoms with Gasteiger partial charge in [0.25, 0.3) is 0 Å². The molecule has 1 atom stereocenters. The summed E-state index contributed by atoms with van der Waals surface area (Å²) < 4.78 is 5.32. The molecule has 3 N–H and O–H groups in total. The molecule has 0 fully saturated rings. The molecular weight excluding hydrogens is 192 g/mol. The fourth-order valence-electron chi connectivity index (χ4n) is 1.19. The third-order valence-electron chi connectivity index (χ3n) is 2.26. The highest BCUT2D eigenvalue weighted by molar-refractivity contribution is 5.76. The normalized spacial score (nSPS) is 12.9. The summed E-state index contributed by atoms with van der Waals surface area (Å²) >= 11 is 0. The molecule has 0 saturated carbocycles. The maximum absolute atomic E-state index is 11.5. The Kier molecular flexibility index (Phi) is 8.33. The lowest BCUT2D eigenvalue weighted by Crippen LogP contribution is -2.41. The first-order valence-electron chi connectivity index (χ1n) is 5.69. The van der Waals surface area contributed by atoms with Crippen molar-refractivity contribution in [2.75, 3.05) is 19.8 Å². The number of hydrogen-bond acceptors (Lipinski definition) is 3. The SMILES string of the molecule is CCOCC(NC(=O)CCCN)C(C)C. The number of rotatable bonds is 8. The van der Waals surface area contributed by atoms with E-state index >= 15 is 0 Å². The lowest BCUT2D eigenvalue weighted by Gasteiger charge is -2.22. The van der Waals surface area contributed by atoms with Crippen LogP contribution in [0.1, 0.15) is 33.6 Å². The van der Waals surface area contributed by atoms with Crippen LogP contribution in [0.5, 0.6) is 0 Å². The molecule has 0 radical (unpaired) electrons. The molecule has 4 nitrogen and oxygen atoms in total. The van der Waals surface area contributed by atoms with E-state index in [0.717, 1.165) is 6.42 Å². The Morgan fingerprint density at radius 1 is 1.47 bits per heavy atom. The van der Waals surface area contributed by atoms with Crippen LogP contribution in [0.15, 0.2) is 0 Å². The molecule has 0 heterocycles. The average Bonchev–Trinajstić information content (AvgIpc) is 2.20. The molecule has 0 aliphatic heterocycles. The summed E-state index contributed by atoms with van der Waals surface area (Å²) in [4.78, 5) is 11.5. The van der Waals surface area contributed by atoms with E-state index in [9.17, 15) is 4.79 Å². The highest BCUT2D eigenvalue weighted by Crippen LogP contribution is 2.03. The van der Waals surface area contributed by atoms with Crippen molar-refractivity contribution >= 4 is 5.91 Å². The maximum Gasteiger partial charge on any atom is 0.220 e. The van der Waals surface area contributed by atoms with Gasteiger partial charge < -0.3 is 15.8 Å². The van der Waals surface area contributed by atoms with Gasteiger partial charge >= 0.3 is 0 Å². The van der Waals surface area contributed by atoms with Crippen molar-refractivity contribution in [1.82, 2.24) is 5.32 Å². The Bertz CT molecular complexity index is 172. The molecule has 0 aliphatic rings. The van der Waals surface area contributed by atoms with Crippen molar-refractivity contribution in [1.29, 1.82) is 0 Å². The number of carbonyl (C=O) groups excluding carboxylic acids is 1. The third-order valence-corrected chi connectivity index (χ3v) is 2.26. The van der Waals surface area contributed by atoms with Gasteiger partial charge in [0.2, 0.25) is 5.91 Å². The number of carbonyl (C=O) groups is 1. The standard InChI is InChI=1S/C11H24N2O2/c1-4-15-8-10(9(2)3)13-11(14)6-5-7-12/h9-10H,4-8,12H2,1-3H3,(H,13,14). The average molecular weight is 216 g/mol. The molecule has 1 unspecified atom stereocenters. The van der Waals surface area contributed by atoms with Crippen LogP contribution < -0.4 is 11.1 Å². The molecule has 0 bridgehead atoms. The first-order chi connectivity index (χ1) is 7.11. The van der Waals surface area contributed by atoms with Gasteiger partial charge in [-0.15, -0.1) is 0 Å². The van der Waals surface area contributed by atoms with Gasteiger partial charge in [0, 0.05) is 13.0 Å². The number of amides is 1. The van der Waals surface area contributed by atoms with E-state index in [2.05, 4.69) is 19.2 Å². The zero-order valence-corrected chi connectivity index (χ0v) is 10.1. The quantitative estimate of drug-likeness (QED) is 0.633. The van der Waals surface area contributed by atoms with Crippen LogP contribution in [-0.2, 0) is 9.53 Å². The minimum atomic E-state index is 0.0684. The third kappa shape index (κ3) is 7.33. The van der Waals surface area contributed by atoms with E-state index in [1.165, 1.54) is 0 Å². The highest BCUT2D eigenvalue weighted by Gasteiger charge is 2.15. The molecule has 15 heavy (non-hydrogen) atoms. The van der Waals surface area contributed by atoms with Gasteiger partial charge in [-0.2, -0.15) is 0 Å². The van der Waals surface area contributed by atoms with Gasteiger partial charge in [-0.05, 0) is 25.8 Å². The first kappa shape index (κ1) is 14.4. The van der Waals surface area contributed by atoms with E-state index in [0.29, 0.717) is 32.1 Å². The summed E-state index contributed by atoms with van der Waals surface area (Å²) in [5.74, 6) is 0.456. The highest BCUT2D eigenvalue weighted by atomic mass is 16.5. The van der Waals surface area contributed by atoms with Crippen molar-refractivity contribution in [3.63, 3.8) is 0 Å². The summed E-state index contributed by atoms with van der Waals surface area (Å²) in [6, 6.07) is 0.107. The monoisotopic (exact) mass is 216 g/mol. The fourth-order valence-corrected chi connectivity index (χ4v) is 1.19. The molecule has 0 aromatic rings. The van der Waals surface area contributed by atoms with Gasteiger partial charge in [0.1, 0.15) is 0 Å². The van der Waals surface area contributed by atoms with E-state index in [1.54, 1.807) is 0 Å². The van der Waals surface area contributed by atoms with Crippen molar-refractivity contribution < 1.29 is 9.53 Å². The molecule has 0 spiro atoms. The van der Waals surface area contributed by atoms with Crippen LogP contribution in [0.2, 0.25) is 0 Å². The van der Waals surface area contributed by atoms with Gasteiger partial charge in [0.15, 0.2) is 0 Å². The lowest BCUT2D eigenvalue weighted by atomic mass is 10.1. The Morgan fingerprint density at radius 3 is 2.60 bits per heavy atom. The summed E-state index contributed by atoms with van der Waals surface area (Å²) in [5, 5.41) is 2.97. The molecular formula is C11H24N2O2. The van der Waals surface area contributed by atoms with Crippen LogP contribution in [-0.4, -0.2) is 31.7 Å². The Balaban J connectivity index is 3.87. The fraction of sp³-hybridized carbons (Fsp3) is 0.909. The Labute approximate surface area is 92.6 Å². The smallest absolute Gasteiger partial charge is 0.220 e. The van der Waals surface area contributed by atoms with E-state index in [4.69, 9.17) is 10.5 Å². The Morgan fingerprint density at radius 2 is 2.13 bits per heavy atom. The number of hydrogen-bond donors (Lipinski definition) is 2. The predicted octanol–water partition coefficient (Wildman–Crippen LogP) is 0.903. The van der Waals surface area contributed by atoms with Gasteiger partial charge in [-0.3, -0.25) is 4.79 Å². The summed E-state index contributed by atoms with van der Waals surface area (Å²) in [5.41, 5.74) is 5.34. The summed E-state index contributed by atoms with van der Waals surface area (Å²) in [7, 11) is 0. The minimum Gasteiger partial charge on any atom is -0.380 e. The lowest BCUT2D eigenvalue weighted by molar-refractivity contribution is -0.122. The molecule has 0 aliphatic carbocycles. The molecule has 0 aromatic carbocycles. The zero-order valence-electron chi connectivity index (χ0n) is 10.1. The van der Waals surface area contributed by atoms with Crippen LogP contribution in [0.25, 0.3) is 0 Å². The molecule has 0 rings (SSSR count). The van der Waals surface area contributed by atoms with Crippen LogP contribution in [0, 0.1) is 5.92 Å². The van der Waals surface area contributed by atoms with E-state index < -0.39 is 0 Å². The van der Waals surface area contributed by atoms with Gasteiger partial charge in [-0.25, -0.2) is 0 Å². The van der Waals surface area contributed by atoms with Crippen molar-refractivity contribution in [2.24, 2.45) is 11.7 Å². The predicted molar refractivity (Wildman–Crippen MR) is 61.6 cm³/mol. The first-order valence-corrected chi connectivity index (χ1v) is 5.69. The Hall–Kier alpha value is -0.610. The minimum absolute atomic E-state index is 0.0684. The van der Waals surface area contributed by atoms with Crippen LogP contribution in [0.3, 0.4) is 0 Å². The molecule has 4 heteroatoms. The second-order valence-electron chi connectivity index (χ2n) is 3.97. The van der Waals surface area contributed by atoms with Crippen molar-refractivity contribution in [3.05, 3.63) is 0 Å². The molecule has 0 saturated heterocycles. The number of nitrogens with two attached hydrogens (primary N) is 1. The van der Waals surface area contributed by atoms with Crippen LogP contribution >= 0.6 is 0 Å². The van der Waals surface area contributed by atoms with Crippen molar-refractivity contribution in [2.45, 2.75) is 39.7 Å².